The van der Waals surface area contributed by atoms with Crippen LogP contribution in [-0.2, 0) is 0 Å². The molecule has 19 heavy (non-hydrogen) atoms. The third-order valence-electron chi connectivity index (χ3n) is 3.13. The predicted octanol–water partition coefficient (Wildman–Crippen LogP) is -0.0136. The largest absolute Gasteiger partial charge is 0.370 e. The first-order valence-corrected chi connectivity index (χ1v) is 6.60. The Balaban J connectivity index is 1.63. The molecule has 0 bridgehead atoms. The van der Waals surface area contributed by atoms with Gasteiger partial charge in [-0.05, 0) is 18.9 Å². The van der Waals surface area contributed by atoms with Gasteiger partial charge in [-0.1, -0.05) is 12.8 Å². The van der Waals surface area contributed by atoms with Crippen LogP contribution in [0.1, 0.15) is 36.2 Å². The molecule has 1 heterocycles. The number of nitrogens with two attached hydrogens (primary N) is 1. The maximum atomic E-state index is 11.6. The monoisotopic (exact) mass is 264 g/mol. The van der Waals surface area contributed by atoms with Gasteiger partial charge in [0.25, 0.3) is 5.91 Å². The van der Waals surface area contributed by atoms with Gasteiger partial charge in [0, 0.05) is 18.8 Å². The molecule has 2 rings (SSSR count). The number of hydrogen-bond acceptors (Lipinski definition) is 3. The summed E-state index contributed by atoms with van der Waals surface area (Å²) >= 11 is 0. The lowest BCUT2D eigenvalue weighted by Crippen LogP contribution is -2.39. The minimum atomic E-state index is -0.185. The fraction of sp³-hybridized carbons (Fsp3) is 0.583. The molecule has 0 aromatic carbocycles. The van der Waals surface area contributed by atoms with E-state index in [0.717, 1.165) is 12.8 Å². The number of amides is 1. The number of carbonyl (C=O) groups is 1. The SMILES string of the molecule is NC(=NCCNC(=O)c1ccn[nH]1)NC1CCCC1. The summed E-state index contributed by atoms with van der Waals surface area (Å²) in [7, 11) is 0. The average Bonchev–Trinajstić information content (AvgIpc) is 3.06. The maximum absolute atomic E-state index is 11.6. The van der Waals surface area contributed by atoms with Gasteiger partial charge < -0.3 is 16.4 Å². The van der Waals surface area contributed by atoms with E-state index in [0.29, 0.717) is 30.8 Å². The van der Waals surface area contributed by atoms with Crippen LogP contribution in [0.4, 0.5) is 0 Å². The molecular weight excluding hydrogens is 244 g/mol. The van der Waals surface area contributed by atoms with Crippen molar-refractivity contribution in [2.24, 2.45) is 10.7 Å². The van der Waals surface area contributed by atoms with E-state index >= 15 is 0 Å². The predicted molar refractivity (Wildman–Crippen MR) is 72.8 cm³/mol. The van der Waals surface area contributed by atoms with Crippen LogP contribution in [0.3, 0.4) is 0 Å². The molecule has 0 unspecified atom stereocenters. The highest BCUT2D eigenvalue weighted by molar-refractivity contribution is 5.92. The number of H-pyrrole nitrogens is 1. The molecule has 1 saturated carbocycles. The average molecular weight is 264 g/mol. The van der Waals surface area contributed by atoms with E-state index in [1.54, 1.807) is 6.07 Å². The molecule has 7 nitrogen and oxygen atoms in total. The van der Waals surface area contributed by atoms with Gasteiger partial charge in [-0.3, -0.25) is 14.9 Å². The van der Waals surface area contributed by atoms with Gasteiger partial charge in [0.2, 0.25) is 0 Å². The van der Waals surface area contributed by atoms with E-state index in [2.05, 4.69) is 25.8 Å². The fourth-order valence-corrected chi connectivity index (χ4v) is 2.15. The topological polar surface area (TPSA) is 108 Å². The molecule has 1 amide bonds. The second-order valence-corrected chi connectivity index (χ2v) is 4.62. The van der Waals surface area contributed by atoms with Crippen LogP contribution in [0, 0.1) is 0 Å². The molecule has 0 radical (unpaired) electrons. The van der Waals surface area contributed by atoms with Gasteiger partial charge in [0.05, 0.1) is 6.54 Å². The molecule has 0 saturated heterocycles. The Bertz CT molecular complexity index is 421. The minimum absolute atomic E-state index is 0.185. The lowest BCUT2D eigenvalue weighted by atomic mass is 10.2. The van der Waals surface area contributed by atoms with Crippen molar-refractivity contribution >= 4 is 11.9 Å². The van der Waals surface area contributed by atoms with Crippen LogP contribution in [0.5, 0.6) is 0 Å². The van der Waals surface area contributed by atoms with Gasteiger partial charge >= 0.3 is 0 Å². The molecule has 0 spiro atoms. The summed E-state index contributed by atoms with van der Waals surface area (Å²) in [5.74, 6) is 0.276. The Hall–Kier alpha value is -2.05. The van der Waals surface area contributed by atoms with Crippen LogP contribution in [0.25, 0.3) is 0 Å². The van der Waals surface area contributed by atoms with Gasteiger partial charge in [-0.2, -0.15) is 5.10 Å². The second-order valence-electron chi connectivity index (χ2n) is 4.62. The van der Waals surface area contributed by atoms with Crippen molar-refractivity contribution in [3.63, 3.8) is 0 Å². The van der Waals surface area contributed by atoms with Crippen LogP contribution in [0.2, 0.25) is 0 Å². The van der Waals surface area contributed by atoms with Crippen LogP contribution in [-0.4, -0.2) is 41.2 Å². The summed E-state index contributed by atoms with van der Waals surface area (Å²) in [6.07, 6.45) is 6.37. The van der Waals surface area contributed by atoms with Crippen molar-refractivity contribution in [3.8, 4) is 0 Å². The number of rotatable bonds is 5. The number of carbonyl (C=O) groups excluding carboxylic acids is 1. The molecule has 104 valence electrons. The van der Waals surface area contributed by atoms with Crippen molar-refractivity contribution in [1.82, 2.24) is 20.8 Å². The number of nitrogens with one attached hydrogen (secondary N) is 3. The van der Waals surface area contributed by atoms with Crippen molar-refractivity contribution in [2.45, 2.75) is 31.7 Å². The van der Waals surface area contributed by atoms with E-state index in [1.165, 1.54) is 19.0 Å². The normalized spacial score (nSPS) is 16.5. The number of aromatic amines is 1. The molecule has 1 aliphatic carbocycles. The lowest BCUT2D eigenvalue weighted by molar-refractivity contribution is 0.0950. The molecule has 0 atom stereocenters. The quantitative estimate of drug-likeness (QED) is 0.340. The third-order valence-corrected chi connectivity index (χ3v) is 3.13. The Morgan fingerprint density at radius 3 is 3.00 bits per heavy atom. The molecular formula is C12H20N6O. The Kier molecular flexibility index (Phi) is 4.77. The first-order valence-electron chi connectivity index (χ1n) is 6.60. The van der Waals surface area contributed by atoms with Crippen molar-refractivity contribution in [3.05, 3.63) is 18.0 Å². The maximum Gasteiger partial charge on any atom is 0.269 e. The molecule has 7 heteroatoms. The van der Waals surface area contributed by atoms with Crippen molar-refractivity contribution in [2.75, 3.05) is 13.1 Å². The summed E-state index contributed by atoms with van der Waals surface area (Å²) in [5.41, 5.74) is 6.22. The zero-order valence-electron chi connectivity index (χ0n) is 10.9. The van der Waals surface area contributed by atoms with Gasteiger partial charge in [0.1, 0.15) is 5.69 Å². The first kappa shape index (κ1) is 13.4. The number of guanidine groups is 1. The molecule has 0 aliphatic heterocycles. The summed E-state index contributed by atoms with van der Waals surface area (Å²) in [6.45, 7) is 0.913. The van der Waals surface area contributed by atoms with E-state index < -0.39 is 0 Å². The van der Waals surface area contributed by atoms with E-state index in [1.807, 2.05) is 0 Å². The number of hydrogen-bond donors (Lipinski definition) is 4. The van der Waals surface area contributed by atoms with E-state index in [-0.39, 0.29) is 5.91 Å². The molecule has 1 aromatic heterocycles. The molecule has 1 aliphatic rings. The minimum Gasteiger partial charge on any atom is -0.370 e. The first-order chi connectivity index (χ1) is 9.25. The van der Waals surface area contributed by atoms with Crippen molar-refractivity contribution in [1.29, 1.82) is 0 Å². The number of nitrogens with zero attached hydrogens (tertiary/aromatic N) is 2. The van der Waals surface area contributed by atoms with E-state index in [9.17, 15) is 4.79 Å². The van der Waals surface area contributed by atoms with Crippen molar-refractivity contribution < 1.29 is 4.79 Å². The summed E-state index contributed by atoms with van der Waals surface area (Å²) in [6, 6.07) is 2.08. The summed E-state index contributed by atoms with van der Waals surface area (Å²) in [4.78, 5) is 15.7. The van der Waals surface area contributed by atoms with Crippen LogP contribution >= 0.6 is 0 Å². The summed E-state index contributed by atoms with van der Waals surface area (Å²) in [5, 5.41) is 12.2. The van der Waals surface area contributed by atoms with Crippen LogP contribution < -0.4 is 16.4 Å². The van der Waals surface area contributed by atoms with Gasteiger partial charge in [-0.15, -0.1) is 0 Å². The standard InChI is InChI=1S/C12H20N6O/c13-12(17-9-3-1-2-4-9)15-8-7-14-11(19)10-5-6-16-18-10/h5-6,9H,1-4,7-8H2,(H,14,19)(H,16,18)(H3,13,15,17). The highest BCUT2D eigenvalue weighted by atomic mass is 16.1. The highest BCUT2D eigenvalue weighted by Gasteiger charge is 2.14. The van der Waals surface area contributed by atoms with Crippen LogP contribution in [0.15, 0.2) is 17.3 Å². The zero-order chi connectivity index (χ0) is 13.5. The van der Waals surface area contributed by atoms with Gasteiger partial charge in [-0.25, -0.2) is 0 Å². The number of aliphatic imine (C=N–C) groups is 1. The zero-order valence-corrected chi connectivity index (χ0v) is 10.9. The Morgan fingerprint density at radius 2 is 2.32 bits per heavy atom. The Labute approximate surface area is 112 Å². The molecule has 5 N–H and O–H groups in total. The lowest BCUT2D eigenvalue weighted by Gasteiger charge is -2.12. The second kappa shape index (κ2) is 6.77. The van der Waals surface area contributed by atoms with E-state index in [4.69, 9.17) is 5.73 Å². The summed E-state index contributed by atoms with van der Waals surface area (Å²) < 4.78 is 0. The fourth-order valence-electron chi connectivity index (χ4n) is 2.15. The molecule has 1 fully saturated rings. The smallest absolute Gasteiger partial charge is 0.269 e. The van der Waals surface area contributed by atoms with Gasteiger partial charge in [0.15, 0.2) is 5.96 Å². The Morgan fingerprint density at radius 1 is 1.53 bits per heavy atom. The third kappa shape index (κ3) is 4.27. The highest BCUT2D eigenvalue weighted by Crippen LogP contribution is 2.17. The number of aromatic nitrogens is 2. The molecule has 1 aromatic rings.